The molecule has 2 heterocycles. The molecule has 2 aromatic carbocycles. The van der Waals surface area contributed by atoms with Gasteiger partial charge in [-0.3, -0.25) is 0 Å². The van der Waals surface area contributed by atoms with Gasteiger partial charge in [-0.2, -0.15) is 8.78 Å². The average Bonchev–Trinajstić information content (AvgIpc) is 3.28. The monoisotopic (exact) mass is 511 g/mol. The Bertz CT molecular complexity index is 1180. The predicted octanol–water partition coefficient (Wildman–Crippen LogP) is 7.93. The van der Waals surface area contributed by atoms with E-state index in [9.17, 15) is 22.0 Å². The predicted molar refractivity (Wildman–Crippen MR) is 123 cm³/mol. The Morgan fingerprint density at radius 1 is 0.971 bits per heavy atom. The number of benzene rings is 2. The topological polar surface area (TPSA) is 31.4 Å². The van der Waals surface area contributed by atoms with Crippen molar-refractivity contribution >= 4 is 21.6 Å². The largest absolute Gasteiger partial charge is 0.454 e. The highest BCUT2D eigenvalue weighted by atomic mass is 32.1. The van der Waals surface area contributed by atoms with Crippen LogP contribution in [0.4, 0.5) is 22.0 Å². The molecule has 1 aliphatic carbocycles. The van der Waals surface area contributed by atoms with Gasteiger partial charge in [0.2, 0.25) is 5.01 Å². The van der Waals surface area contributed by atoms with E-state index < -0.39 is 34.3 Å². The summed E-state index contributed by atoms with van der Waals surface area (Å²) in [6.07, 6.45) is 2.99. The van der Waals surface area contributed by atoms with Gasteiger partial charge in [-0.25, -0.2) is 18.2 Å². The van der Waals surface area contributed by atoms with Gasteiger partial charge in [0.15, 0.2) is 17.5 Å². The van der Waals surface area contributed by atoms with E-state index in [1.807, 2.05) is 12.1 Å². The first kappa shape index (κ1) is 24.4. The van der Waals surface area contributed by atoms with Gasteiger partial charge in [0, 0.05) is 18.7 Å². The molecular weight excluding hydrogens is 485 g/mol. The second kappa shape index (κ2) is 9.65. The number of fused-ring (bicyclic) bond motifs is 1. The fourth-order valence-electron chi connectivity index (χ4n) is 5.20. The summed E-state index contributed by atoms with van der Waals surface area (Å²) in [4.78, 5) is 3.97. The minimum Gasteiger partial charge on any atom is -0.427 e. The van der Waals surface area contributed by atoms with Crippen molar-refractivity contribution in [3.05, 3.63) is 58.4 Å². The van der Waals surface area contributed by atoms with E-state index in [0.717, 1.165) is 55.6 Å². The molecule has 2 aliphatic rings. The third-order valence-corrected chi connectivity index (χ3v) is 8.24. The third-order valence-electron chi connectivity index (χ3n) is 7.17. The van der Waals surface area contributed by atoms with Crippen LogP contribution in [0.3, 0.4) is 0 Å². The van der Waals surface area contributed by atoms with E-state index in [4.69, 9.17) is 4.74 Å². The van der Waals surface area contributed by atoms with E-state index in [0.29, 0.717) is 46.2 Å². The molecule has 188 valence electrons. The van der Waals surface area contributed by atoms with Crippen molar-refractivity contribution in [2.75, 3.05) is 6.61 Å². The summed E-state index contributed by atoms with van der Waals surface area (Å²) in [5.74, 6) is -4.22. The first-order chi connectivity index (χ1) is 16.7. The Hall–Kier alpha value is -2.26. The van der Waals surface area contributed by atoms with E-state index in [-0.39, 0.29) is 0 Å². The van der Waals surface area contributed by atoms with Crippen LogP contribution in [0.5, 0.6) is 5.75 Å². The van der Waals surface area contributed by atoms with Gasteiger partial charge >= 0.3 is 6.11 Å². The maximum atomic E-state index is 14.7. The molecule has 0 radical (unpaired) electrons. The van der Waals surface area contributed by atoms with Crippen LogP contribution in [-0.2, 0) is 10.8 Å². The minimum atomic E-state index is -3.93. The molecule has 1 saturated heterocycles. The van der Waals surface area contributed by atoms with Gasteiger partial charge in [0.05, 0.1) is 16.3 Å². The van der Waals surface area contributed by atoms with Crippen LogP contribution in [0.15, 0.2) is 30.3 Å². The maximum Gasteiger partial charge on any atom is 0.454 e. The molecule has 2 atom stereocenters. The number of thiazole rings is 1. The molecule has 0 spiro atoms. The van der Waals surface area contributed by atoms with E-state index in [1.54, 1.807) is 6.07 Å². The summed E-state index contributed by atoms with van der Waals surface area (Å²) in [7, 11) is 0. The van der Waals surface area contributed by atoms with Crippen molar-refractivity contribution in [2.45, 2.75) is 63.6 Å². The maximum absolute atomic E-state index is 14.7. The van der Waals surface area contributed by atoms with E-state index in [1.165, 1.54) is 6.42 Å². The summed E-state index contributed by atoms with van der Waals surface area (Å²) < 4.78 is 80.5. The number of rotatable bonds is 5. The van der Waals surface area contributed by atoms with Crippen LogP contribution in [0.25, 0.3) is 10.2 Å². The first-order valence-electron chi connectivity index (χ1n) is 11.9. The van der Waals surface area contributed by atoms with Crippen LogP contribution in [0, 0.1) is 29.3 Å². The van der Waals surface area contributed by atoms with Crippen LogP contribution < -0.4 is 4.74 Å². The lowest BCUT2D eigenvalue weighted by molar-refractivity contribution is -0.185. The van der Waals surface area contributed by atoms with Crippen molar-refractivity contribution in [1.82, 2.24) is 4.98 Å². The van der Waals surface area contributed by atoms with Crippen molar-refractivity contribution in [3.63, 3.8) is 0 Å². The summed E-state index contributed by atoms with van der Waals surface area (Å²) in [6, 6.07) is 6.31. The van der Waals surface area contributed by atoms with Crippen LogP contribution in [0.1, 0.15) is 61.9 Å². The highest BCUT2D eigenvalue weighted by molar-refractivity contribution is 7.18. The molecule has 35 heavy (non-hydrogen) atoms. The highest BCUT2D eigenvalue weighted by Gasteiger charge is 2.39. The summed E-state index contributed by atoms with van der Waals surface area (Å²) >= 11 is 0.769. The molecule has 9 heteroatoms. The molecule has 0 amide bonds. The van der Waals surface area contributed by atoms with Crippen LogP contribution >= 0.6 is 11.3 Å². The second-order valence-electron chi connectivity index (χ2n) is 9.73. The number of alkyl halides is 2. The Kier molecular flexibility index (Phi) is 6.74. The summed E-state index contributed by atoms with van der Waals surface area (Å²) in [6.45, 7) is 3.06. The van der Waals surface area contributed by atoms with Crippen molar-refractivity contribution in [3.8, 4) is 5.75 Å². The van der Waals surface area contributed by atoms with E-state index in [2.05, 4.69) is 16.6 Å². The molecular formula is C26H26F5NO2S. The van der Waals surface area contributed by atoms with Gasteiger partial charge in [-0.15, -0.1) is 11.3 Å². The summed E-state index contributed by atoms with van der Waals surface area (Å²) in [5.41, 5.74) is 1.49. The number of ether oxygens (including phenoxy) is 2. The number of aromatic nitrogens is 1. The number of hydrogen-bond acceptors (Lipinski definition) is 4. The standard InChI is InChI=1S/C26H26F5NO2S/c1-14-2-9-22(33-13-14)16-5-3-15(4-6-16)17-7-8-21-23(10-17)35-25(32-21)26(30,31)34-18-11-19(27)24(29)20(28)12-18/h7-8,10-12,14-16,22H,2-6,9,13H2,1H3/t14-,15?,16?,22?/m1/s1. The van der Waals surface area contributed by atoms with Crippen molar-refractivity contribution in [2.24, 2.45) is 11.8 Å². The fourth-order valence-corrected chi connectivity index (χ4v) is 6.13. The zero-order valence-electron chi connectivity index (χ0n) is 19.2. The molecule has 5 rings (SSSR count). The quantitative estimate of drug-likeness (QED) is 0.257. The molecule has 1 saturated carbocycles. The van der Waals surface area contributed by atoms with Gasteiger partial charge in [-0.05, 0) is 74.0 Å². The summed E-state index contributed by atoms with van der Waals surface area (Å²) in [5, 5.41) is -0.637. The first-order valence-corrected chi connectivity index (χ1v) is 12.7. The van der Waals surface area contributed by atoms with Crippen molar-refractivity contribution in [1.29, 1.82) is 0 Å². The lowest BCUT2D eigenvalue weighted by atomic mass is 9.75. The Labute approximate surface area is 204 Å². The zero-order valence-corrected chi connectivity index (χ0v) is 20.0. The van der Waals surface area contributed by atoms with Gasteiger partial charge in [0.1, 0.15) is 5.75 Å². The SMILES string of the molecule is C[C@@H]1CCC(C2CCC(c3ccc4nc(C(F)(F)Oc5cc(F)c(F)c(F)c5)sc4c3)CC2)OC1. The number of halogens is 5. The molecule has 1 aliphatic heterocycles. The fraction of sp³-hybridized carbons (Fsp3) is 0.500. The zero-order chi connectivity index (χ0) is 24.7. The Balaban J connectivity index is 1.28. The molecule has 3 aromatic rings. The number of hydrogen-bond donors (Lipinski definition) is 0. The minimum absolute atomic E-state index is 0.351. The Morgan fingerprint density at radius 2 is 1.69 bits per heavy atom. The second-order valence-corrected chi connectivity index (χ2v) is 10.8. The normalized spacial score (nSPS) is 25.7. The van der Waals surface area contributed by atoms with E-state index >= 15 is 0 Å². The lowest BCUT2D eigenvalue weighted by Crippen LogP contribution is -2.33. The number of nitrogens with zero attached hydrogens (tertiary/aromatic N) is 1. The molecule has 0 N–H and O–H groups in total. The van der Waals surface area contributed by atoms with Crippen molar-refractivity contribution < 1.29 is 31.4 Å². The smallest absolute Gasteiger partial charge is 0.427 e. The molecule has 0 bridgehead atoms. The molecule has 3 nitrogen and oxygen atoms in total. The molecule has 1 unspecified atom stereocenters. The van der Waals surface area contributed by atoms with Gasteiger partial charge < -0.3 is 9.47 Å². The molecule has 2 fully saturated rings. The van der Waals surface area contributed by atoms with Crippen LogP contribution in [-0.4, -0.2) is 17.7 Å². The van der Waals surface area contributed by atoms with Crippen LogP contribution in [0.2, 0.25) is 0 Å². The highest BCUT2D eigenvalue weighted by Crippen LogP contribution is 2.42. The lowest BCUT2D eigenvalue weighted by Gasteiger charge is -2.37. The van der Waals surface area contributed by atoms with Gasteiger partial charge in [-0.1, -0.05) is 13.0 Å². The van der Waals surface area contributed by atoms with Gasteiger partial charge in [0.25, 0.3) is 0 Å². The Morgan fingerprint density at radius 3 is 2.34 bits per heavy atom. The molecule has 1 aromatic heterocycles. The third kappa shape index (κ3) is 5.16. The average molecular weight is 512 g/mol.